The maximum Gasteiger partial charge on any atom is 0.416 e. The van der Waals surface area contributed by atoms with Crippen molar-refractivity contribution < 1.29 is 14.3 Å². The molecule has 1 heterocycles. The fourth-order valence-electron chi connectivity index (χ4n) is 2.56. The molecule has 1 saturated heterocycles. The highest BCUT2D eigenvalue weighted by atomic mass is 16.6. The first-order chi connectivity index (χ1) is 9.52. The van der Waals surface area contributed by atoms with Crippen molar-refractivity contribution in [2.45, 2.75) is 58.9 Å². The predicted octanol–water partition coefficient (Wildman–Crippen LogP) is 3.76. The van der Waals surface area contributed by atoms with Gasteiger partial charge in [-0.1, -0.05) is 46.1 Å². The first-order valence-corrected chi connectivity index (χ1v) is 7.63. The van der Waals surface area contributed by atoms with Crippen LogP contribution < -0.4 is 0 Å². The summed E-state index contributed by atoms with van der Waals surface area (Å²) in [6.45, 7) is 10.2. The average Bonchev–Trinajstić information content (AvgIpc) is 2.79. The third-order valence-corrected chi connectivity index (χ3v) is 3.87. The maximum absolute atomic E-state index is 12.6. The molecule has 0 radical (unpaired) electrons. The van der Waals surface area contributed by atoms with Crippen LogP contribution in [-0.4, -0.2) is 29.5 Å². The third kappa shape index (κ3) is 4.09. The molecule has 1 fully saturated rings. The van der Waals surface area contributed by atoms with Crippen molar-refractivity contribution in [3.05, 3.63) is 12.7 Å². The summed E-state index contributed by atoms with van der Waals surface area (Å²) in [6, 6.07) is -0.131. The molecule has 20 heavy (non-hydrogen) atoms. The third-order valence-electron chi connectivity index (χ3n) is 3.87. The largest absolute Gasteiger partial charge is 0.447 e. The van der Waals surface area contributed by atoms with Crippen LogP contribution >= 0.6 is 0 Å². The lowest BCUT2D eigenvalue weighted by atomic mass is 9.94. The van der Waals surface area contributed by atoms with Crippen molar-refractivity contribution in [2.75, 3.05) is 6.61 Å². The zero-order valence-electron chi connectivity index (χ0n) is 12.9. The molecule has 0 spiro atoms. The highest BCUT2D eigenvalue weighted by Gasteiger charge is 2.41. The molecule has 0 saturated carbocycles. The number of cyclic esters (lactones) is 1. The minimum absolute atomic E-state index is 0.0952. The fourth-order valence-corrected chi connectivity index (χ4v) is 2.56. The van der Waals surface area contributed by atoms with Gasteiger partial charge >= 0.3 is 6.09 Å². The predicted molar refractivity (Wildman–Crippen MR) is 79.3 cm³/mol. The zero-order valence-corrected chi connectivity index (χ0v) is 12.9. The molecule has 1 rings (SSSR count). The Morgan fingerprint density at radius 3 is 2.75 bits per heavy atom. The van der Waals surface area contributed by atoms with Crippen LogP contribution in [0.1, 0.15) is 52.9 Å². The molecule has 1 aliphatic heterocycles. The quantitative estimate of drug-likeness (QED) is 0.502. The number of rotatable bonds is 8. The van der Waals surface area contributed by atoms with E-state index in [1.54, 1.807) is 6.08 Å². The number of allylic oxidation sites excluding steroid dienone is 1. The van der Waals surface area contributed by atoms with E-state index in [4.69, 9.17) is 4.74 Å². The maximum atomic E-state index is 12.6. The summed E-state index contributed by atoms with van der Waals surface area (Å²) in [5, 5.41) is 0. The Bertz CT molecular complexity index is 352. The van der Waals surface area contributed by atoms with Gasteiger partial charge in [-0.2, -0.15) is 0 Å². The Hall–Kier alpha value is -1.32. The molecule has 0 N–H and O–H groups in total. The molecule has 0 aromatic rings. The lowest BCUT2D eigenvalue weighted by molar-refractivity contribution is -0.134. The van der Waals surface area contributed by atoms with Crippen LogP contribution in [0, 0.1) is 11.8 Å². The van der Waals surface area contributed by atoms with Crippen molar-refractivity contribution in [1.82, 2.24) is 4.90 Å². The summed E-state index contributed by atoms with van der Waals surface area (Å²) in [4.78, 5) is 25.8. The molecule has 4 nitrogen and oxygen atoms in total. The molecular weight excluding hydrogens is 254 g/mol. The van der Waals surface area contributed by atoms with Gasteiger partial charge in [-0.3, -0.25) is 4.79 Å². The second-order valence-corrected chi connectivity index (χ2v) is 5.81. The topological polar surface area (TPSA) is 46.6 Å². The lowest BCUT2D eigenvalue weighted by Crippen LogP contribution is -2.44. The molecule has 0 bridgehead atoms. The van der Waals surface area contributed by atoms with Gasteiger partial charge in [-0.15, -0.1) is 6.58 Å². The molecule has 2 atom stereocenters. The Kier molecular flexibility index (Phi) is 6.76. The van der Waals surface area contributed by atoms with Gasteiger partial charge in [-0.25, -0.2) is 9.69 Å². The van der Waals surface area contributed by atoms with Crippen LogP contribution in [0.4, 0.5) is 4.79 Å². The van der Waals surface area contributed by atoms with E-state index in [0.717, 1.165) is 25.7 Å². The van der Waals surface area contributed by atoms with Crippen molar-refractivity contribution in [2.24, 2.45) is 11.8 Å². The van der Waals surface area contributed by atoms with Crippen LogP contribution in [0.15, 0.2) is 12.7 Å². The highest BCUT2D eigenvalue weighted by Crippen LogP contribution is 2.25. The summed E-state index contributed by atoms with van der Waals surface area (Å²) in [6.07, 6.45) is 5.95. The molecule has 0 aromatic heterocycles. The Labute approximate surface area is 122 Å². The summed E-state index contributed by atoms with van der Waals surface area (Å²) in [5.74, 6) is -0.0291. The van der Waals surface area contributed by atoms with Gasteiger partial charge in [0.15, 0.2) is 0 Å². The van der Waals surface area contributed by atoms with Gasteiger partial charge in [0.05, 0.1) is 6.04 Å². The Morgan fingerprint density at radius 2 is 2.20 bits per heavy atom. The molecule has 114 valence electrons. The minimum Gasteiger partial charge on any atom is -0.447 e. The summed E-state index contributed by atoms with van der Waals surface area (Å²) in [5.41, 5.74) is 0. The summed E-state index contributed by atoms with van der Waals surface area (Å²) < 4.78 is 5.05. The number of carbonyl (C=O) groups is 2. The number of unbranched alkanes of at least 4 members (excludes halogenated alkanes) is 2. The lowest BCUT2D eigenvalue weighted by Gasteiger charge is -2.26. The number of hydrogen-bond acceptors (Lipinski definition) is 3. The second kappa shape index (κ2) is 8.08. The molecule has 2 amide bonds. The van der Waals surface area contributed by atoms with Gasteiger partial charge < -0.3 is 4.74 Å². The Morgan fingerprint density at radius 1 is 1.50 bits per heavy atom. The van der Waals surface area contributed by atoms with E-state index >= 15 is 0 Å². The summed E-state index contributed by atoms with van der Waals surface area (Å²) >= 11 is 0. The Balaban J connectivity index is 2.75. The number of ether oxygens (including phenoxy) is 1. The number of amides is 2. The molecule has 1 aliphatic rings. The minimum atomic E-state index is -0.488. The van der Waals surface area contributed by atoms with Crippen molar-refractivity contribution >= 4 is 12.0 Å². The van der Waals surface area contributed by atoms with E-state index < -0.39 is 6.09 Å². The molecule has 0 aliphatic carbocycles. The van der Waals surface area contributed by atoms with E-state index in [-0.39, 0.29) is 23.8 Å². The zero-order chi connectivity index (χ0) is 15.1. The van der Waals surface area contributed by atoms with Crippen molar-refractivity contribution in [1.29, 1.82) is 0 Å². The molecule has 0 aromatic carbocycles. The molecule has 0 unspecified atom stereocenters. The van der Waals surface area contributed by atoms with E-state index in [1.165, 1.54) is 4.90 Å². The molecular formula is C16H27NO3. The van der Waals surface area contributed by atoms with Crippen LogP contribution in [0.25, 0.3) is 0 Å². The van der Waals surface area contributed by atoms with Gasteiger partial charge in [-0.05, 0) is 18.8 Å². The number of imide groups is 1. The van der Waals surface area contributed by atoms with Crippen LogP contribution in [-0.2, 0) is 9.53 Å². The van der Waals surface area contributed by atoms with Crippen LogP contribution in [0.2, 0.25) is 0 Å². The number of hydrogen-bond donors (Lipinski definition) is 0. The van der Waals surface area contributed by atoms with Gasteiger partial charge in [0.1, 0.15) is 6.61 Å². The fraction of sp³-hybridized carbons (Fsp3) is 0.750. The first kappa shape index (κ1) is 16.7. The monoisotopic (exact) mass is 281 g/mol. The van der Waals surface area contributed by atoms with Crippen LogP contribution in [0.5, 0.6) is 0 Å². The second-order valence-electron chi connectivity index (χ2n) is 5.81. The first-order valence-electron chi connectivity index (χ1n) is 7.63. The summed E-state index contributed by atoms with van der Waals surface area (Å²) in [7, 11) is 0. The SMILES string of the molecule is C=CC[C@@H](CCCCC)C(=O)N1C(=O)OC[C@@H]1C(C)C. The standard InChI is InChI=1S/C16H27NO3/c1-5-7-8-10-13(9-6-2)15(18)17-14(12(3)4)11-20-16(17)19/h6,12-14H,2,5,7-11H2,1,3-4H3/t13-,14+/m0/s1. The van der Waals surface area contributed by atoms with E-state index in [2.05, 4.69) is 13.5 Å². The van der Waals surface area contributed by atoms with Gasteiger partial charge in [0, 0.05) is 5.92 Å². The van der Waals surface area contributed by atoms with Crippen LogP contribution in [0.3, 0.4) is 0 Å². The van der Waals surface area contributed by atoms with E-state index in [9.17, 15) is 9.59 Å². The molecule has 4 heteroatoms. The smallest absolute Gasteiger partial charge is 0.416 e. The normalized spacial score (nSPS) is 20.1. The number of nitrogens with zero attached hydrogens (tertiary/aromatic N) is 1. The van der Waals surface area contributed by atoms with Crippen molar-refractivity contribution in [3.8, 4) is 0 Å². The van der Waals surface area contributed by atoms with Crippen molar-refractivity contribution in [3.63, 3.8) is 0 Å². The average molecular weight is 281 g/mol. The highest BCUT2D eigenvalue weighted by molar-refractivity contribution is 5.94. The number of carbonyl (C=O) groups excluding carboxylic acids is 2. The van der Waals surface area contributed by atoms with E-state index in [1.807, 2.05) is 13.8 Å². The van der Waals surface area contributed by atoms with Gasteiger partial charge in [0.2, 0.25) is 5.91 Å². The van der Waals surface area contributed by atoms with Gasteiger partial charge in [0.25, 0.3) is 0 Å². The van der Waals surface area contributed by atoms with E-state index in [0.29, 0.717) is 13.0 Å².